The number of hydrogen-bond acceptors (Lipinski definition) is 6. The van der Waals surface area contributed by atoms with Crippen LogP contribution in [0, 0.1) is 23.7 Å². The summed E-state index contributed by atoms with van der Waals surface area (Å²) in [5.41, 5.74) is 0. The molecule has 18 heavy (non-hydrogen) atoms. The predicted octanol–water partition coefficient (Wildman–Crippen LogP) is -3.35. The number of hydrogen-bond donors (Lipinski definition) is 0. The van der Waals surface area contributed by atoms with Gasteiger partial charge >= 0.3 is 30.8 Å². The van der Waals surface area contributed by atoms with E-state index in [4.69, 9.17) is 0 Å². The summed E-state index contributed by atoms with van der Waals surface area (Å²) in [6.45, 7) is 0. The van der Waals surface area contributed by atoms with Crippen LogP contribution in [0.2, 0.25) is 0 Å². The van der Waals surface area contributed by atoms with E-state index in [2.05, 4.69) is 4.74 Å². The third-order valence-electron chi connectivity index (χ3n) is 4.36. The van der Waals surface area contributed by atoms with Crippen LogP contribution in [0.1, 0.15) is 19.3 Å². The summed E-state index contributed by atoms with van der Waals surface area (Å²) in [4.78, 5) is 23.0. The topological polar surface area (TPSA) is 101 Å². The van der Waals surface area contributed by atoms with Crippen molar-refractivity contribution in [2.75, 3.05) is 0 Å². The third-order valence-corrected chi connectivity index (χ3v) is 5.64. The van der Waals surface area contributed by atoms with Crippen LogP contribution < -0.4 is 18.9 Å². The number of carbonyl (C=O) groups is 2. The Kier molecular flexibility index (Phi) is 3.39. The van der Waals surface area contributed by atoms with E-state index in [0.29, 0.717) is 12.8 Å². The molecule has 4 fully saturated rings. The maximum Gasteiger partial charge on any atom is 1.00 e. The second-order valence-corrected chi connectivity index (χ2v) is 6.65. The quantitative estimate of drug-likeness (QED) is 0.213. The summed E-state index contributed by atoms with van der Waals surface area (Å²) >= 11 is 0. The maximum absolute atomic E-state index is 11.5. The zero-order chi connectivity index (χ0) is 12.4. The molecular formula is C10H11LiO6S. The maximum atomic E-state index is 11.5. The summed E-state index contributed by atoms with van der Waals surface area (Å²) in [7, 11) is -4.41. The summed E-state index contributed by atoms with van der Waals surface area (Å²) < 4.78 is 38.1. The van der Waals surface area contributed by atoms with Crippen LogP contribution >= 0.6 is 0 Å². The third kappa shape index (κ3) is 1.85. The Morgan fingerprint density at radius 3 is 2.33 bits per heavy atom. The molecule has 0 aromatic heterocycles. The van der Waals surface area contributed by atoms with Gasteiger partial charge in [-0.05, 0) is 31.1 Å². The van der Waals surface area contributed by atoms with E-state index < -0.39 is 45.1 Å². The first kappa shape index (κ1) is 14.1. The minimum atomic E-state index is -4.41. The molecule has 94 valence electrons. The Balaban J connectivity index is 0.00000120. The van der Waals surface area contributed by atoms with E-state index >= 15 is 0 Å². The van der Waals surface area contributed by atoms with Gasteiger partial charge in [-0.2, -0.15) is 0 Å². The van der Waals surface area contributed by atoms with Gasteiger partial charge in [-0.3, -0.25) is 9.59 Å². The van der Waals surface area contributed by atoms with Crippen LogP contribution in [0.3, 0.4) is 0 Å². The Labute approximate surface area is 116 Å². The van der Waals surface area contributed by atoms with Crippen molar-refractivity contribution in [3.63, 3.8) is 0 Å². The van der Waals surface area contributed by atoms with Crippen molar-refractivity contribution in [2.24, 2.45) is 23.7 Å². The molecule has 2 bridgehead atoms. The Hall–Kier alpha value is -0.353. The molecule has 1 aliphatic heterocycles. The molecule has 1 heterocycles. The molecule has 3 aliphatic carbocycles. The monoisotopic (exact) mass is 266 g/mol. The molecule has 0 radical (unpaired) electrons. The smallest absolute Gasteiger partial charge is 0.748 e. The average Bonchev–Trinajstić information content (AvgIpc) is 2.56. The molecule has 0 aromatic rings. The fourth-order valence-electron chi connectivity index (χ4n) is 3.71. The second kappa shape index (κ2) is 4.34. The molecule has 1 saturated heterocycles. The zero-order valence-electron chi connectivity index (χ0n) is 9.87. The average molecular weight is 266 g/mol. The fraction of sp³-hybridized carbons (Fsp3) is 0.800. The first-order chi connectivity index (χ1) is 7.89. The van der Waals surface area contributed by atoms with Gasteiger partial charge in [0.15, 0.2) is 0 Å². The number of fused-ring (bicyclic) bond motifs is 2. The fourth-order valence-corrected chi connectivity index (χ4v) is 4.92. The molecule has 3 saturated carbocycles. The number of carbonyl (C=O) groups excluding carboxylic acids is 2. The van der Waals surface area contributed by atoms with Crippen LogP contribution in [0.4, 0.5) is 0 Å². The first-order valence-electron chi connectivity index (χ1n) is 5.60. The van der Waals surface area contributed by atoms with Crippen molar-refractivity contribution >= 4 is 22.1 Å². The van der Waals surface area contributed by atoms with E-state index in [-0.39, 0.29) is 31.2 Å². The van der Waals surface area contributed by atoms with Gasteiger partial charge in [0.25, 0.3) is 0 Å². The minimum absolute atomic E-state index is 0. The Morgan fingerprint density at radius 2 is 1.72 bits per heavy atom. The molecule has 6 nitrogen and oxygen atoms in total. The van der Waals surface area contributed by atoms with Gasteiger partial charge in [0.2, 0.25) is 0 Å². The zero-order valence-corrected chi connectivity index (χ0v) is 10.7. The molecule has 5 atom stereocenters. The number of rotatable bonds is 1. The first-order valence-corrected chi connectivity index (χ1v) is 7.07. The standard InChI is InChI=1S/C10H12O6S.Li/c11-9-7-4-1-2-5(8(7)10(12)16-9)6(3-4)17(13,14)15;/h4-8H,1-3H2,(H,13,14,15);/q;+1/p-1. The van der Waals surface area contributed by atoms with E-state index in [1.165, 1.54) is 0 Å². The van der Waals surface area contributed by atoms with E-state index in [1.807, 2.05) is 0 Å². The predicted molar refractivity (Wildman–Crippen MR) is 52.4 cm³/mol. The summed E-state index contributed by atoms with van der Waals surface area (Å²) in [5, 5.41) is -1.03. The van der Waals surface area contributed by atoms with E-state index in [0.717, 1.165) is 0 Å². The molecule has 5 unspecified atom stereocenters. The van der Waals surface area contributed by atoms with Crippen LogP contribution in [-0.2, 0) is 24.4 Å². The Morgan fingerprint density at radius 1 is 1.11 bits per heavy atom. The molecule has 0 spiro atoms. The molecule has 4 rings (SSSR count). The van der Waals surface area contributed by atoms with Gasteiger partial charge in [0.1, 0.15) is 0 Å². The van der Waals surface area contributed by atoms with Gasteiger partial charge in [-0.25, -0.2) is 8.42 Å². The van der Waals surface area contributed by atoms with Crippen LogP contribution in [0.25, 0.3) is 0 Å². The molecule has 8 heteroatoms. The van der Waals surface area contributed by atoms with Gasteiger partial charge in [0.05, 0.1) is 27.2 Å². The van der Waals surface area contributed by atoms with Crippen LogP contribution in [-0.4, -0.2) is 30.2 Å². The normalized spacial score (nSPS) is 42.2. The molecule has 4 aliphatic rings. The number of cyclic esters (lactones) is 2. The SMILES string of the molecule is O=C1OC(=O)C2C3CCC(CC3S(=O)(=O)[O-])C12.[Li+]. The number of esters is 2. The van der Waals surface area contributed by atoms with Crippen LogP contribution in [0.5, 0.6) is 0 Å². The second-order valence-electron chi connectivity index (χ2n) is 5.06. The van der Waals surface area contributed by atoms with Crippen molar-refractivity contribution in [1.29, 1.82) is 0 Å². The summed E-state index contributed by atoms with van der Waals surface area (Å²) in [6.07, 6.45) is 1.40. The summed E-state index contributed by atoms with van der Waals surface area (Å²) in [5.74, 6) is -3.15. The van der Waals surface area contributed by atoms with Gasteiger partial charge in [-0.1, -0.05) is 0 Å². The minimum Gasteiger partial charge on any atom is -0.748 e. The van der Waals surface area contributed by atoms with Crippen molar-refractivity contribution in [3.05, 3.63) is 0 Å². The molecule has 0 N–H and O–H groups in total. The van der Waals surface area contributed by atoms with Crippen LogP contribution in [0.15, 0.2) is 0 Å². The molecule has 0 aromatic carbocycles. The molecular weight excluding hydrogens is 255 g/mol. The van der Waals surface area contributed by atoms with Crippen molar-refractivity contribution in [2.45, 2.75) is 24.5 Å². The van der Waals surface area contributed by atoms with E-state index in [9.17, 15) is 22.6 Å². The number of ether oxygens (including phenoxy) is 1. The van der Waals surface area contributed by atoms with E-state index in [1.54, 1.807) is 0 Å². The molecule has 0 amide bonds. The van der Waals surface area contributed by atoms with Crippen molar-refractivity contribution in [1.82, 2.24) is 0 Å². The largest absolute Gasteiger partial charge is 1.00 e. The van der Waals surface area contributed by atoms with Gasteiger partial charge in [0, 0.05) is 0 Å². The summed E-state index contributed by atoms with van der Waals surface area (Å²) in [6, 6.07) is 0. The van der Waals surface area contributed by atoms with Gasteiger partial charge in [-0.15, -0.1) is 0 Å². The van der Waals surface area contributed by atoms with Crippen molar-refractivity contribution < 1.29 is 46.2 Å². The Bertz CT molecular complexity index is 500. The van der Waals surface area contributed by atoms with Crippen molar-refractivity contribution in [3.8, 4) is 0 Å². The van der Waals surface area contributed by atoms with Gasteiger partial charge < -0.3 is 9.29 Å².